The van der Waals surface area contributed by atoms with Crippen molar-refractivity contribution in [2.75, 3.05) is 0 Å². The summed E-state index contributed by atoms with van der Waals surface area (Å²) >= 11 is 0. The molecule has 0 unspecified atom stereocenters. The second-order valence-electron chi connectivity index (χ2n) is 6.14. The molecule has 1 aromatic heterocycles. The van der Waals surface area contributed by atoms with E-state index in [1.807, 2.05) is 18.2 Å². The van der Waals surface area contributed by atoms with Crippen molar-refractivity contribution in [2.24, 2.45) is 0 Å². The van der Waals surface area contributed by atoms with Crippen LogP contribution < -0.4 is 5.63 Å². The van der Waals surface area contributed by atoms with E-state index < -0.39 is 0 Å². The summed E-state index contributed by atoms with van der Waals surface area (Å²) in [5.41, 5.74) is 6.05. The summed E-state index contributed by atoms with van der Waals surface area (Å²) in [4.78, 5) is 11.9. The van der Waals surface area contributed by atoms with Crippen LogP contribution in [0.2, 0.25) is 0 Å². The summed E-state index contributed by atoms with van der Waals surface area (Å²) in [6.45, 7) is 8.51. The standard InChI is InChI=1S/C20H20O2/c1-12(2)15-8-9-19-18(10-15)17(11-20(21)22-19)16-7-5-6-13(3)14(16)4/h5-12H,1-4H3. The Morgan fingerprint density at radius 1 is 0.955 bits per heavy atom. The predicted molar refractivity (Wildman–Crippen MR) is 91.5 cm³/mol. The fourth-order valence-electron chi connectivity index (χ4n) is 2.81. The normalized spacial score (nSPS) is 11.3. The van der Waals surface area contributed by atoms with Gasteiger partial charge in [0.05, 0.1) is 0 Å². The molecular formula is C20H20O2. The van der Waals surface area contributed by atoms with Crippen molar-refractivity contribution in [3.63, 3.8) is 0 Å². The quantitative estimate of drug-likeness (QED) is 0.608. The number of hydrogen-bond acceptors (Lipinski definition) is 2. The van der Waals surface area contributed by atoms with Gasteiger partial charge in [-0.05, 0) is 54.2 Å². The SMILES string of the molecule is Cc1cccc(-c2cc(=O)oc3ccc(C(C)C)cc23)c1C. The lowest BCUT2D eigenvalue weighted by Crippen LogP contribution is -2.00. The largest absolute Gasteiger partial charge is 0.423 e. The van der Waals surface area contributed by atoms with Crippen LogP contribution in [0, 0.1) is 13.8 Å². The van der Waals surface area contributed by atoms with Gasteiger partial charge in [0, 0.05) is 17.0 Å². The van der Waals surface area contributed by atoms with Crippen LogP contribution in [0.3, 0.4) is 0 Å². The first kappa shape index (κ1) is 14.6. The molecule has 3 aromatic rings. The Labute approximate surface area is 130 Å². The number of fused-ring (bicyclic) bond motifs is 1. The number of aryl methyl sites for hydroxylation is 1. The van der Waals surface area contributed by atoms with Crippen LogP contribution >= 0.6 is 0 Å². The summed E-state index contributed by atoms with van der Waals surface area (Å²) in [6.07, 6.45) is 0. The van der Waals surface area contributed by atoms with Gasteiger partial charge in [-0.1, -0.05) is 38.1 Å². The topological polar surface area (TPSA) is 30.2 Å². The minimum absolute atomic E-state index is 0.305. The van der Waals surface area contributed by atoms with E-state index in [0.29, 0.717) is 11.5 Å². The molecule has 2 heteroatoms. The van der Waals surface area contributed by atoms with Crippen molar-refractivity contribution in [2.45, 2.75) is 33.6 Å². The molecule has 22 heavy (non-hydrogen) atoms. The predicted octanol–water partition coefficient (Wildman–Crippen LogP) is 5.20. The summed E-state index contributed by atoms with van der Waals surface area (Å²) in [5, 5.41) is 1.000. The zero-order valence-corrected chi connectivity index (χ0v) is 13.4. The first-order valence-corrected chi connectivity index (χ1v) is 7.62. The number of hydrogen-bond donors (Lipinski definition) is 0. The zero-order valence-electron chi connectivity index (χ0n) is 13.4. The number of rotatable bonds is 2. The lowest BCUT2D eigenvalue weighted by Gasteiger charge is -2.12. The van der Waals surface area contributed by atoms with Crippen molar-refractivity contribution >= 4 is 11.0 Å². The van der Waals surface area contributed by atoms with Crippen molar-refractivity contribution in [3.8, 4) is 11.1 Å². The second kappa shape index (κ2) is 5.45. The van der Waals surface area contributed by atoms with Crippen LogP contribution in [0.5, 0.6) is 0 Å². The van der Waals surface area contributed by atoms with Crippen LogP contribution in [0.25, 0.3) is 22.1 Å². The molecule has 2 nitrogen and oxygen atoms in total. The second-order valence-corrected chi connectivity index (χ2v) is 6.14. The Morgan fingerprint density at radius 3 is 2.45 bits per heavy atom. The molecule has 1 heterocycles. The summed E-state index contributed by atoms with van der Waals surface area (Å²) < 4.78 is 5.37. The molecule has 0 atom stereocenters. The van der Waals surface area contributed by atoms with Crippen molar-refractivity contribution < 1.29 is 4.42 Å². The molecule has 112 valence electrons. The van der Waals surface area contributed by atoms with Gasteiger partial charge in [0.25, 0.3) is 0 Å². The molecule has 0 aliphatic carbocycles. The van der Waals surface area contributed by atoms with Crippen LogP contribution in [0.15, 0.2) is 51.7 Å². The van der Waals surface area contributed by atoms with Gasteiger partial charge in [0.1, 0.15) is 5.58 Å². The minimum atomic E-state index is -0.305. The maximum atomic E-state index is 11.9. The summed E-state index contributed by atoms with van der Waals surface area (Å²) in [5.74, 6) is 0.433. The van der Waals surface area contributed by atoms with E-state index in [1.165, 1.54) is 16.7 Å². The molecular weight excluding hydrogens is 272 g/mol. The average Bonchev–Trinajstić information content (AvgIpc) is 2.48. The molecule has 0 aliphatic heterocycles. The van der Waals surface area contributed by atoms with Crippen molar-refractivity contribution in [3.05, 3.63) is 69.6 Å². The third-order valence-electron chi connectivity index (χ3n) is 4.33. The van der Waals surface area contributed by atoms with Gasteiger partial charge >= 0.3 is 5.63 Å². The number of benzene rings is 2. The fourth-order valence-corrected chi connectivity index (χ4v) is 2.81. The lowest BCUT2D eigenvalue weighted by molar-refractivity contribution is 0.561. The molecule has 0 bridgehead atoms. The highest BCUT2D eigenvalue weighted by Crippen LogP contribution is 2.32. The van der Waals surface area contributed by atoms with Crippen LogP contribution in [0.4, 0.5) is 0 Å². The molecule has 0 radical (unpaired) electrons. The van der Waals surface area contributed by atoms with E-state index in [4.69, 9.17) is 4.42 Å². The lowest BCUT2D eigenvalue weighted by atomic mass is 9.93. The fraction of sp³-hybridized carbons (Fsp3) is 0.250. The first-order valence-electron chi connectivity index (χ1n) is 7.62. The highest BCUT2D eigenvalue weighted by atomic mass is 16.4. The maximum Gasteiger partial charge on any atom is 0.336 e. The van der Waals surface area contributed by atoms with E-state index in [9.17, 15) is 4.79 Å². The van der Waals surface area contributed by atoms with E-state index in [1.54, 1.807) is 6.07 Å². The molecule has 0 amide bonds. The molecule has 0 saturated heterocycles. The molecule has 3 rings (SSSR count). The van der Waals surface area contributed by atoms with E-state index in [2.05, 4.69) is 45.9 Å². The highest BCUT2D eigenvalue weighted by molar-refractivity contribution is 5.94. The Morgan fingerprint density at radius 2 is 1.73 bits per heavy atom. The zero-order chi connectivity index (χ0) is 15.9. The van der Waals surface area contributed by atoms with Gasteiger partial charge in [0.2, 0.25) is 0 Å². The van der Waals surface area contributed by atoms with Crippen molar-refractivity contribution in [1.82, 2.24) is 0 Å². The van der Waals surface area contributed by atoms with Gasteiger partial charge < -0.3 is 4.42 Å². The Balaban J connectivity index is 2.39. The molecule has 0 N–H and O–H groups in total. The van der Waals surface area contributed by atoms with Crippen LogP contribution in [-0.4, -0.2) is 0 Å². The van der Waals surface area contributed by atoms with Gasteiger partial charge in [-0.25, -0.2) is 4.79 Å². The molecule has 0 saturated carbocycles. The summed E-state index contributed by atoms with van der Waals surface area (Å²) in [6, 6.07) is 13.9. The van der Waals surface area contributed by atoms with Gasteiger partial charge in [-0.3, -0.25) is 0 Å². The molecule has 0 fully saturated rings. The molecule has 0 spiro atoms. The van der Waals surface area contributed by atoms with E-state index >= 15 is 0 Å². The average molecular weight is 292 g/mol. The minimum Gasteiger partial charge on any atom is -0.423 e. The first-order chi connectivity index (χ1) is 10.5. The maximum absolute atomic E-state index is 11.9. The van der Waals surface area contributed by atoms with Crippen molar-refractivity contribution in [1.29, 1.82) is 0 Å². The molecule has 2 aromatic carbocycles. The Bertz CT molecular complexity index is 901. The Kier molecular flexibility index (Phi) is 3.61. The third kappa shape index (κ3) is 2.45. The van der Waals surface area contributed by atoms with Crippen LogP contribution in [-0.2, 0) is 0 Å². The van der Waals surface area contributed by atoms with Crippen LogP contribution in [0.1, 0.15) is 36.5 Å². The van der Waals surface area contributed by atoms with E-state index in [-0.39, 0.29) is 5.63 Å². The van der Waals surface area contributed by atoms with Gasteiger partial charge in [-0.15, -0.1) is 0 Å². The third-order valence-corrected chi connectivity index (χ3v) is 4.33. The smallest absolute Gasteiger partial charge is 0.336 e. The Hall–Kier alpha value is -2.35. The summed E-state index contributed by atoms with van der Waals surface area (Å²) in [7, 11) is 0. The molecule has 0 aliphatic rings. The highest BCUT2D eigenvalue weighted by Gasteiger charge is 2.12. The monoisotopic (exact) mass is 292 g/mol. The van der Waals surface area contributed by atoms with Gasteiger partial charge in [-0.2, -0.15) is 0 Å². The van der Waals surface area contributed by atoms with Gasteiger partial charge in [0.15, 0.2) is 0 Å². The van der Waals surface area contributed by atoms with E-state index in [0.717, 1.165) is 16.5 Å².